The summed E-state index contributed by atoms with van der Waals surface area (Å²) in [7, 11) is 1.64. The van der Waals surface area contributed by atoms with Gasteiger partial charge in [-0.15, -0.1) is 12.4 Å². The summed E-state index contributed by atoms with van der Waals surface area (Å²) in [5.41, 5.74) is 7.15. The minimum atomic E-state index is -0.0355. The molecule has 1 aromatic rings. The molecular weight excluding hydrogens is 326 g/mol. The molecule has 2 heterocycles. The number of anilines is 1. The average Bonchev–Trinajstić information content (AvgIpc) is 2.91. The van der Waals surface area contributed by atoms with Crippen molar-refractivity contribution in [3.8, 4) is 5.75 Å². The molecule has 2 atom stereocenters. The SMILES string of the molecule is COc1ccccc1N1CCC(N2CCC(N)C(C)(C)C2)C1=O.Cl. The van der Waals surface area contributed by atoms with Crippen LogP contribution in [0.2, 0.25) is 0 Å². The van der Waals surface area contributed by atoms with Crippen LogP contribution >= 0.6 is 12.4 Å². The summed E-state index contributed by atoms with van der Waals surface area (Å²) in [4.78, 5) is 17.2. The van der Waals surface area contributed by atoms with Gasteiger partial charge in [-0.3, -0.25) is 9.69 Å². The number of rotatable bonds is 3. The first-order chi connectivity index (χ1) is 10.9. The number of nitrogens with two attached hydrogens (primary N) is 1. The van der Waals surface area contributed by atoms with Gasteiger partial charge in [-0.2, -0.15) is 0 Å². The second-order valence-corrected chi connectivity index (χ2v) is 7.32. The van der Waals surface area contributed by atoms with Crippen molar-refractivity contribution in [2.75, 3.05) is 31.6 Å². The van der Waals surface area contributed by atoms with Crippen LogP contribution in [0.1, 0.15) is 26.7 Å². The number of hydrogen-bond acceptors (Lipinski definition) is 4. The number of hydrogen-bond donors (Lipinski definition) is 1. The van der Waals surface area contributed by atoms with E-state index in [-0.39, 0.29) is 35.8 Å². The number of carbonyl (C=O) groups is 1. The molecule has 0 aliphatic carbocycles. The van der Waals surface area contributed by atoms with E-state index in [1.54, 1.807) is 7.11 Å². The van der Waals surface area contributed by atoms with Crippen LogP contribution in [0.25, 0.3) is 0 Å². The van der Waals surface area contributed by atoms with E-state index in [0.717, 1.165) is 43.9 Å². The van der Waals surface area contributed by atoms with Gasteiger partial charge in [0.05, 0.1) is 18.8 Å². The fourth-order valence-electron chi connectivity index (χ4n) is 3.78. The van der Waals surface area contributed by atoms with Crippen LogP contribution < -0.4 is 15.4 Å². The lowest BCUT2D eigenvalue weighted by Gasteiger charge is -2.44. The largest absolute Gasteiger partial charge is 0.495 e. The van der Waals surface area contributed by atoms with E-state index >= 15 is 0 Å². The molecule has 0 bridgehead atoms. The molecule has 6 heteroatoms. The minimum Gasteiger partial charge on any atom is -0.495 e. The highest BCUT2D eigenvalue weighted by atomic mass is 35.5. The van der Waals surface area contributed by atoms with Gasteiger partial charge < -0.3 is 15.4 Å². The first-order valence-corrected chi connectivity index (χ1v) is 8.38. The Morgan fingerprint density at radius 2 is 1.92 bits per heavy atom. The molecule has 2 unspecified atom stereocenters. The van der Waals surface area contributed by atoms with Crippen LogP contribution in [0.5, 0.6) is 5.75 Å². The van der Waals surface area contributed by atoms with E-state index in [9.17, 15) is 4.79 Å². The van der Waals surface area contributed by atoms with Gasteiger partial charge >= 0.3 is 0 Å². The van der Waals surface area contributed by atoms with Gasteiger partial charge in [0, 0.05) is 25.7 Å². The number of piperidine rings is 1. The first-order valence-electron chi connectivity index (χ1n) is 8.38. The monoisotopic (exact) mass is 353 g/mol. The predicted octanol–water partition coefficient (Wildman–Crippen LogP) is 2.28. The molecule has 0 radical (unpaired) electrons. The third-order valence-electron chi connectivity index (χ3n) is 5.34. The molecule has 2 N–H and O–H groups in total. The van der Waals surface area contributed by atoms with Crippen molar-refractivity contribution in [3.63, 3.8) is 0 Å². The number of carbonyl (C=O) groups excluding carboxylic acids is 1. The molecule has 2 fully saturated rings. The normalized spacial score (nSPS) is 27.0. The second kappa shape index (κ2) is 7.30. The molecule has 3 rings (SSSR count). The lowest BCUT2D eigenvalue weighted by Crippen LogP contribution is -2.56. The zero-order valence-electron chi connectivity index (χ0n) is 14.7. The Balaban J connectivity index is 0.00000208. The van der Waals surface area contributed by atoms with Gasteiger partial charge in [-0.05, 0) is 30.4 Å². The quantitative estimate of drug-likeness (QED) is 0.905. The van der Waals surface area contributed by atoms with E-state index in [4.69, 9.17) is 10.5 Å². The van der Waals surface area contributed by atoms with Gasteiger partial charge in [0.1, 0.15) is 5.75 Å². The number of nitrogens with zero attached hydrogens (tertiary/aromatic N) is 2. The van der Waals surface area contributed by atoms with Crippen LogP contribution in [0, 0.1) is 5.41 Å². The molecular formula is C18H28ClN3O2. The lowest BCUT2D eigenvalue weighted by atomic mass is 9.79. The maximum atomic E-state index is 13.0. The topological polar surface area (TPSA) is 58.8 Å². The molecule has 0 aromatic heterocycles. The molecule has 2 aliphatic rings. The third kappa shape index (κ3) is 3.39. The number of halogens is 1. The van der Waals surface area contributed by atoms with E-state index < -0.39 is 0 Å². The summed E-state index contributed by atoms with van der Waals surface area (Å²) < 4.78 is 5.41. The van der Waals surface area contributed by atoms with Gasteiger partial charge in [0.2, 0.25) is 5.91 Å². The van der Waals surface area contributed by atoms with Gasteiger partial charge in [-0.25, -0.2) is 0 Å². The van der Waals surface area contributed by atoms with Crippen molar-refractivity contribution in [2.24, 2.45) is 11.1 Å². The maximum absolute atomic E-state index is 13.0. The number of likely N-dealkylation sites (tertiary alicyclic amines) is 1. The number of benzene rings is 1. The summed E-state index contributed by atoms with van der Waals surface area (Å²) >= 11 is 0. The zero-order valence-corrected chi connectivity index (χ0v) is 15.5. The number of para-hydroxylation sites is 2. The van der Waals surface area contributed by atoms with E-state index in [2.05, 4.69) is 18.7 Å². The molecule has 24 heavy (non-hydrogen) atoms. The van der Waals surface area contributed by atoms with E-state index in [1.807, 2.05) is 29.2 Å². The van der Waals surface area contributed by atoms with Gasteiger partial charge in [0.25, 0.3) is 0 Å². The molecule has 1 aromatic carbocycles. The lowest BCUT2D eigenvalue weighted by molar-refractivity contribution is -0.122. The average molecular weight is 354 g/mol. The Kier molecular flexibility index (Phi) is 5.78. The Bertz CT molecular complexity index is 593. The second-order valence-electron chi connectivity index (χ2n) is 7.32. The van der Waals surface area contributed by atoms with Crippen molar-refractivity contribution in [1.82, 2.24) is 4.90 Å². The zero-order chi connectivity index (χ0) is 16.6. The number of ether oxygens (including phenoxy) is 1. The predicted molar refractivity (Wildman–Crippen MR) is 98.9 cm³/mol. The van der Waals surface area contributed by atoms with Crippen LogP contribution in [0.3, 0.4) is 0 Å². The fourth-order valence-corrected chi connectivity index (χ4v) is 3.78. The molecule has 134 valence electrons. The van der Waals surface area contributed by atoms with Crippen LogP contribution in [0.15, 0.2) is 24.3 Å². The van der Waals surface area contributed by atoms with E-state index in [1.165, 1.54) is 0 Å². The first kappa shape index (κ1) is 19.0. The Morgan fingerprint density at radius 1 is 1.21 bits per heavy atom. The van der Waals surface area contributed by atoms with Gasteiger partial charge in [0.15, 0.2) is 0 Å². The van der Waals surface area contributed by atoms with Crippen LogP contribution in [-0.2, 0) is 4.79 Å². The third-order valence-corrected chi connectivity index (χ3v) is 5.34. The molecule has 1 amide bonds. The molecule has 0 spiro atoms. The van der Waals surface area contributed by atoms with Crippen molar-refractivity contribution >= 4 is 24.0 Å². The Morgan fingerprint density at radius 3 is 2.58 bits per heavy atom. The number of amides is 1. The highest BCUT2D eigenvalue weighted by molar-refractivity contribution is 6.00. The summed E-state index contributed by atoms with van der Waals surface area (Å²) in [6, 6.07) is 7.90. The molecule has 5 nitrogen and oxygen atoms in total. The highest BCUT2D eigenvalue weighted by Crippen LogP contribution is 2.35. The van der Waals surface area contributed by atoms with Crippen molar-refractivity contribution < 1.29 is 9.53 Å². The van der Waals surface area contributed by atoms with Crippen molar-refractivity contribution in [2.45, 2.75) is 38.8 Å². The Hall–Kier alpha value is -1.30. The molecule has 2 aliphatic heterocycles. The minimum absolute atomic E-state index is 0. The summed E-state index contributed by atoms with van der Waals surface area (Å²) in [5.74, 6) is 0.934. The van der Waals surface area contributed by atoms with Crippen molar-refractivity contribution in [3.05, 3.63) is 24.3 Å². The summed E-state index contributed by atoms with van der Waals surface area (Å²) in [6.45, 7) is 6.92. The highest BCUT2D eigenvalue weighted by Gasteiger charge is 2.42. The standard InChI is InChI=1S/C18H27N3O2.ClH/c1-18(2)12-20(10-9-16(18)19)14-8-11-21(17(14)22)13-6-4-5-7-15(13)23-3;/h4-7,14,16H,8-12,19H2,1-3H3;1H. The van der Waals surface area contributed by atoms with Crippen molar-refractivity contribution in [1.29, 1.82) is 0 Å². The molecule has 2 saturated heterocycles. The number of methoxy groups -OCH3 is 1. The van der Waals surface area contributed by atoms with Crippen LogP contribution in [-0.4, -0.2) is 49.6 Å². The summed E-state index contributed by atoms with van der Waals surface area (Å²) in [5, 5.41) is 0. The Labute approximate surface area is 150 Å². The fraction of sp³-hybridized carbons (Fsp3) is 0.611. The van der Waals surface area contributed by atoms with E-state index in [0.29, 0.717) is 0 Å². The maximum Gasteiger partial charge on any atom is 0.244 e. The molecule has 0 saturated carbocycles. The van der Waals surface area contributed by atoms with Gasteiger partial charge in [-0.1, -0.05) is 26.0 Å². The van der Waals surface area contributed by atoms with Crippen LogP contribution in [0.4, 0.5) is 5.69 Å². The summed E-state index contributed by atoms with van der Waals surface area (Å²) in [6.07, 6.45) is 1.81. The smallest absolute Gasteiger partial charge is 0.244 e.